The average Bonchev–Trinajstić information content (AvgIpc) is 2.75. The van der Waals surface area contributed by atoms with Gasteiger partial charge in [-0.1, -0.05) is 19.3 Å². The second-order valence-electron chi connectivity index (χ2n) is 6.94. The molecule has 0 aliphatic heterocycles. The number of benzene rings is 1. The third-order valence-electron chi connectivity index (χ3n) is 4.99. The predicted octanol–water partition coefficient (Wildman–Crippen LogP) is 2.90. The van der Waals surface area contributed by atoms with Crippen LogP contribution >= 0.6 is 0 Å². The summed E-state index contributed by atoms with van der Waals surface area (Å²) in [5.41, 5.74) is -0.349. The Morgan fingerprint density at radius 2 is 2.00 bits per heavy atom. The molecule has 0 heterocycles. The maximum Gasteiger partial charge on any atom is 0.325 e. The Hall–Kier alpha value is -2.97. The molecule has 1 aliphatic rings. The Bertz CT molecular complexity index is 744. The lowest BCUT2D eigenvalue weighted by atomic mass is 9.94. The van der Waals surface area contributed by atoms with E-state index in [9.17, 15) is 24.5 Å². The molecule has 0 N–H and O–H groups in total. The predicted molar refractivity (Wildman–Crippen MR) is 104 cm³/mol. The van der Waals surface area contributed by atoms with E-state index in [-0.39, 0.29) is 48.5 Å². The molecule has 29 heavy (non-hydrogen) atoms. The number of carbonyl (C=O) groups is 3. The molecule has 9 heteroatoms. The molecule has 1 fully saturated rings. The zero-order valence-electron chi connectivity index (χ0n) is 16.5. The number of nitro groups is 1. The molecule has 0 radical (unpaired) electrons. The van der Waals surface area contributed by atoms with E-state index in [2.05, 4.69) is 0 Å². The van der Waals surface area contributed by atoms with Crippen LogP contribution in [-0.4, -0.2) is 54.3 Å². The van der Waals surface area contributed by atoms with Crippen LogP contribution in [0.15, 0.2) is 18.2 Å². The summed E-state index contributed by atoms with van der Waals surface area (Å²) in [4.78, 5) is 47.2. The number of nitrogens with zero attached hydrogens (tertiary/aromatic N) is 2. The van der Waals surface area contributed by atoms with Gasteiger partial charge < -0.3 is 14.4 Å². The van der Waals surface area contributed by atoms with E-state index in [0.717, 1.165) is 32.1 Å². The number of amides is 1. The van der Waals surface area contributed by atoms with Gasteiger partial charge in [-0.2, -0.15) is 0 Å². The molecule has 1 amide bonds. The minimum absolute atomic E-state index is 0.0246. The van der Waals surface area contributed by atoms with Crippen LogP contribution in [0.25, 0.3) is 0 Å². The number of hydrogen-bond donors (Lipinski definition) is 0. The van der Waals surface area contributed by atoms with Crippen LogP contribution < -0.4 is 4.74 Å². The van der Waals surface area contributed by atoms with Crippen molar-refractivity contribution in [1.82, 2.24) is 4.90 Å². The van der Waals surface area contributed by atoms with E-state index >= 15 is 0 Å². The van der Waals surface area contributed by atoms with E-state index < -0.39 is 10.9 Å². The molecule has 0 saturated heterocycles. The fourth-order valence-electron chi connectivity index (χ4n) is 3.45. The molecule has 1 aromatic rings. The quantitative estimate of drug-likeness (QED) is 0.193. The van der Waals surface area contributed by atoms with Crippen LogP contribution in [0, 0.1) is 10.1 Å². The topological polar surface area (TPSA) is 116 Å². The summed E-state index contributed by atoms with van der Waals surface area (Å²) in [6.07, 6.45) is 5.98. The van der Waals surface area contributed by atoms with Gasteiger partial charge >= 0.3 is 5.97 Å². The van der Waals surface area contributed by atoms with Gasteiger partial charge in [0.15, 0.2) is 6.29 Å². The lowest BCUT2D eigenvalue weighted by molar-refractivity contribution is -0.385. The highest BCUT2D eigenvalue weighted by Gasteiger charge is 2.27. The lowest BCUT2D eigenvalue weighted by Gasteiger charge is -2.33. The number of aldehydes is 1. The highest BCUT2D eigenvalue weighted by atomic mass is 16.6. The molecular formula is C20H26N2O7. The number of ether oxygens (including phenoxy) is 2. The first kappa shape index (κ1) is 22.3. The van der Waals surface area contributed by atoms with Gasteiger partial charge in [-0.05, 0) is 31.4 Å². The summed E-state index contributed by atoms with van der Waals surface area (Å²) in [6, 6.07) is 4.04. The minimum atomic E-state index is -0.644. The first-order valence-electron chi connectivity index (χ1n) is 9.69. The fourth-order valence-corrected chi connectivity index (χ4v) is 3.45. The Balaban J connectivity index is 1.89. The molecule has 0 atom stereocenters. The highest BCUT2D eigenvalue weighted by Crippen LogP contribution is 2.25. The molecule has 0 spiro atoms. The molecule has 1 aromatic carbocycles. The summed E-state index contributed by atoms with van der Waals surface area (Å²) in [6.45, 7) is 0.125. The maximum atomic E-state index is 12.7. The van der Waals surface area contributed by atoms with Gasteiger partial charge in [0.2, 0.25) is 5.91 Å². The fraction of sp³-hybridized carbons (Fsp3) is 0.550. The van der Waals surface area contributed by atoms with Crippen molar-refractivity contribution < 1.29 is 28.8 Å². The Kier molecular flexibility index (Phi) is 8.57. The Morgan fingerprint density at radius 3 is 2.62 bits per heavy atom. The molecule has 2 rings (SSSR count). The third-order valence-corrected chi connectivity index (χ3v) is 4.99. The molecular weight excluding hydrogens is 380 g/mol. The zero-order chi connectivity index (χ0) is 21.2. The Morgan fingerprint density at radius 1 is 1.28 bits per heavy atom. The van der Waals surface area contributed by atoms with E-state index in [1.54, 1.807) is 4.90 Å². The van der Waals surface area contributed by atoms with Crippen molar-refractivity contribution in [3.05, 3.63) is 33.9 Å². The van der Waals surface area contributed by atoms with Crippen LogP contribution in [0.4, 0.5) is 5.69 Å². The standard InChI is InChI=1S/C20H26N2O7/c1-28-20(25)13-21(16-6-3-2-4-7-16)19(24)8-5-11-29-17-10-9-15(14-23)18(12-17)22(26)27/h9-10,12,14,16H,2-8,11,13H2,1H3. The zero-order valence-corrected chi connectivity index (χ0v) is 16.5. The SMILES string of the molecule is COC(=O)CN(C(=O)CCCOc1ccc(C=O)c([N+](=O)[O-])c1)C1CCCCC1. The minimum Gasteiger partial charge on any atom is -0.493 e. The largest absolute Gasteiger partial charge is 0.493 e. The Labute approximate surface area is 169 Å². The van der Waals surface area contributed by atoms with Gasteiger partial charge in [-0.15, -0.1) is 0 Å². The van der Waals surface area contributed by atoms with Gasteiger partial charge in [-0.3, -0.25) is 24.5 Å². The second-order valence-corrected chi connectivity index (χ2v) is 6.94. The normalized spacial score (nSPS) is 14.1. The summed E-state index contributed by atoms with van der Waals surface area (Å²) in [5, 5.41) is 11.0. The number of methoxy groups -OCH3 is 1. The monoisotopic (exact) mass is 406 g/mol. The summed E-state index contributed by atoms with van der Waals surface area (Å²) in [5.74, 6) is -0.315. The van der Waals surface area contributed by atoms with Gasteiger partial charge in [0.25, 0.3) is 5.69 Å². The van der Waals surface area contributed by atoms with E-state index in [1.807, 2.05) is 0 Å². The summed E-state index contributed by atoms with van der Waals surface area (Å²) < 4.78 is 10.2. The molecule has 1 saturated carbocycles. The van der Waals surface area contributed by atoms with Crippen LogP contribution in [0.1, 0.15) is 55.3 Å². The van der Waals surface area contributed by atoms with E-state index in [4.69, 9.17) is 9.47 Å². The van der Waals surface area contributed by atoms with Gasteiger partial charge in [0.05, 0.1) is 30.3 Å². The van der Waals surface area contributed by atoms with Crippen molar-refractivity contribution in [3.8, 4) is 5.75 Å². The first-order chi connectivity index (χ1) is 14.0. The van der Waals surface area contributed by atoms with Gasteiger partial charge in [0.1, 0.15) is 12.3 Å². The number of hydrogen-bond acceptors (Lipinski definition) is 7. The van der Waals surface area contributed by atoms with Crippen molar-refractivity contribution >= 4 is 23.9 Å². The van der Waals surface area contributed by atoms with Crippen molar-refractivity contribution in [3.63, 3.8) is 0 Å². The molecule has 158 valence electrons. The summed E-state index contributed by atoms with van der Waals surface area (Å²) >= 11 is 0. The molecule has 0 unspecified atom stereocenters. The third kappa shape index (κ3) is 6.55. The van der Waals surface area contributed by atoms with E-state index in [1.165, 1.54) is 25.3 Å². The van der Waals surface area contributed by atoms with Crippen molar-refractivity contribution in [1.29, 1.82) is 0 Å². The number of carbonyl (C=O) groups excluding carboxylic acids is 3. The molecule has 1 aliphatic carbocycles. The van der Waals surface area contributed by atoms with Crippen molar-refractivity contribution in [2.75, 3.05) is 20.3 Å². The van der Waals surface area contributed by atoms with Crippen LogP contribution in [0.2, 0.25) is 0 Å². The smallest absolute Gasteiger partial charge is 0.325 e. The molecule has 0 bridgehead atoms. The maximum absolute atomic E-state index is 12.7. The van der Waals surface area contributed by atoms with E-state index in [0.29, 0.717) is 12.7 Å². The second kappa shape index (κ2) is 11.1. The number of rotatable bonds is 10. The summed E-state index contributed by atoms with van der Waals surface area (Å²) in [7, 11) is 1.30. The molecule has 0 aromatic heterocycles. The van der Waals surface area contributed by atoms with Gasteiger partial charge in [0, 0.05) is 12.5 Å². The molecule has 9 nitrogen and oxygen atoms in total. The number of nitro benzene ring substituents is 1. The average molecular weight is 406 g/mol. The van der Waals surface area contributed by atoms with Gasteiger partial charge in [-0.25, -0.2) is 0 Å². The van der Waals surface area contributed by atoms with Crippen LogP contribution in [0.3, 0.4) is 0 Å². The number of esters is 1. The first-order valence-corrected chi connectivity index (χ1v) is 9.69. The van der Waals surface area contributed by atoms with Crippen molar-refractivity contribution in [2.45, 2.75) is 51.0 Å². The highest BCUT2D eigenvalue weighted by molar-refractivity contribution is 5.82. The van der Waals surface area contributed by atoms with Crippen LogP contribution in [0.5, 0.6) is 5.75 Å². The lowest BCUT2D eigenvalue weighted by Crippen LogP contribution is -2.44. The van der Waals surface area contributed by atoms with Crippen molar-refractivity contribution in [2.24, 2.45) is 0 Å². The van der Waals surface area contributed by atoms with Crippen LogP contribution in [-0.2, 0) is 14.3 Å².